The van der Waals surface area contributed by atoms with Crippen molar-refractivity contribution in [1.82, 2.24) is 19.4 Å². The van der Waals surface area contributed by atoms with Crippen molar-refractivity contribution in [3.8, 4) is 23.0 Å². The summed E-state index contributed by atoms with van der Waals surface area (Å²) in [5.41, 5.74) is 2.25. The molecule has 192 valence electrons. The standard InChI is InChI=1S/C27H29N5O4S/c1-36-16-8-13-29-27(33)22(19-28)17-23-20-32(24-10-3-2-4-11-24)30-26(23)21-9-7-12-25(18-21)37(34,35)31-14-5-6-15-31/h2-4,7,9-12,17-18,20H,5-6,8,13-16H2,1H3,(H,29,33)/b22-17-. The summed E-state index contributed by atoms with van der Waals surface area (Å²) in [6.07, 6.45) is 5.52. The van der Waals surface area contributed by atoms with Gasteiger partial charge in [-0.25, -0.2) is 13.1 Å². The van der Waals surface area contributed by atoms with Gasteiger partial charge in [-0.1, -0.05) is 30.3 Å². The third-order valence-electron chi connectivity index (χ3n) is 6.05. The number of sulfonamides is 1. The fourth-order valence-electron chi connectivity index (χ4n) is 4.13. The smallest absolute Gasteiger partial charge is 0.261 e. The molecule has 0 bridgehead atoms. The molecular formula is C27H29N5O4S. The summed E-state index contributed by atoms with van der Waals surface area (Å²) in [4.78, 5) is 12.8. The quantitative estimate of drug-likeness (QED) is 0.249. The fraction of sp³-hybridized carbons (Fsp3) is 0.296. The minimum Gasteiger partial charge on any atom is -0.385 e. The Labute approximate surface area is 217 Å². The Morgan fingerprint density at radius 1 is 1.16 bits per heavy atom. The molecule has 0 unspecified atom stereocenters. The summed E-state index contributed by atoms with van der Waals surface area (Å²) >= 11 is 0. The Bertz CT molecular complexity index is 1420. The highest BCUT2D eigenvalue weighted by Crippen LogP contribution is 2.29. The molecular weight excluding hydrogens is 490 g/mol. The number of carbonyl (C=O) groups is 1. The highest BCUT2D eigenvalue weighted by Gasteiger charge is 2.27. The number of hydrogen-bond acceptors (Lipinski definition) is 6. The molecule has 1 amide bonds. The van der Waals surface area contributed by atoms with E-state index in [9.17, 15) is 18.5 Å². The van der Waals surface area contributed by atoms with Crippen LogP contribution in [0, 0.1) is 11.3 Å². The van der Waals surface area contributed by atoms with E-state index in [0.29, 0.717) is 49.5 Å². The predicted octanol–water partition coefficient (Wildman–Crippen LogP) is 3.38. The van der Waals surface area contributed by atoms with E-state index < -0.39 is 15.9 Å². The van der Waals surface area contributed by atoms with Gasteiger partial charge in [-0.15, -0.1) is 0 Å². The number of rotatable bonds is 10. The van der Waals surface area contributed by atoms with E-state index in [1.54, 1.807) is 42.3 Å². The summed E-state index contributed by atoms with van der Waals surface area (Å²) in [7, 11) is -2.04. The van der Waals surface area contributed by atoms with E-state index in [1.165, 1.54) is 10.4 Å². The van der Waals surface area contributed by atoms with Crippen LogP contribution in [0.3, 0.4) is 0 Å². The molecule has 2 aromatic carbocycles. The third kappa shape index (κ3) is 6.14. The van der Waals surface area contributed by atoms with Crippen molar-refractivity contribution in [3.63, 3.8) is 0 Å². The molecule has 4 rings (SSSR count). The Balaban J connectivity index is 1.74. The fourth-order valence-corrected chi connectivity index (χ4v) is 5.69. The van der Waals surface area contributed by atoms with Crippen LogP contribution in [0.2, 0.25) is 0 Å². The summed E-state index contributed by atoms with van der Waals surface area (Å²) in [6.45, 7) is 1.89. The molecule has 0 radical (unpaired) electrons. The summed E-state index contributed by atoms with van der Waals surface area (Å²) in [5, 5.41) is 17.1. The van der Waals surface area contributed by atoms with Crippen molar-refractivity contribution in [2.24, 2.45) is 0 Å². The van der Waals surface area contributed by atoms with E-state index in [1.807, 2.05) is 36.4 Å². The average molecular weight is 520 g/mol. The van der Waals surface area contributed by atoms with Gasteiger partial charge in [0.2, 0.25) is 10.0 Å². The Morgan fingerprint density at radius 2 is 1.92 bits per heavy atom. The molecule has 37 heavy (non-hydrogen) atoms. The SMILES string of the molecule is COCCCNC(=O)/C(C#N)=C\c1cn(-c2ccccc2)nc1-c1cccc(S(=O)(=O)N2CCCC2)c1. The van der Waals surface area contributed by atoms with Crippen molar-refractivity contribution in [2.75, 3.05) is 33.4 Å². The topological polar surface area (TPSA) is 117 Å². The number of aromatic nitrogens is 2. The van der Waals surface area contributed by atoms with Crippen molar-refractivity contribution < 1.29 is 17.9 Å². The Morgan fingerprint density at radius 3 is 2.62 bits per heavy atom. The molecule has 9 nitrogen and oxygen atoms in total. The number of ether oxygens (including phenoxy) is 1. The van der Waals surface area contributed by atoms with Gasteiger partial charge in [-0.3, -0.25) is 4.79 Å². The summed E-state index contributed by atoms with van der Waals surface area (Å²) in [5.74, 6) is -0.498. The first-order valence-corrected chi connectivity index (χ1v) is 13.5. The van der Waals surface area contributed by atoms with E-state index in [4.69, 9.17) is 9.84 Å². The molecule has 2 heterocycles. The van der Waals surface area contributed by atoms with Crippen LogP contribution >= 0.6 is 0 Å². The van der Waals surface area contributed by atoms with Gasteiger partial charge in [0, 0.05) is 50.7 Å². The first-order chi connectivity index (χ1) is 17.9. The molecule has 10 heteroatoms. The average Bonchev–Trinajstić information content (AvgIpc) is 3.61. The maximum atomic E-state index is 13.2. The van der Waals surface area contributed by atoms with E-state index in [0.717, 1.165) is 18.5 Å². The summed E-state index contributed by atoms with van der Waals surface area (Å²) in [6, 6.07) is 18.0. The number of hydrogen-bond donors (Lipinski definition) is 1. The molecule has 1 fully saturated rings. The number of para-hydroxylation sites is 1. The number of nitrogens with zero attached hydrogens (tertiary/aromatic N) is 4. The number of nitrogens with one attached hydrogen (secondary N) is 1. The van der Waals surface area contributed by atoms with Crippen LogP contribution in [0.25, 0.3) is 23.0 Å². The van der Waals surface area contributed by atoms with Crippen molar-refractivity contribution in [2.45, 2.75) is 24.2 Å². The number of methoxy groups -OCH3 is 1. The molecule has 0 spiro atoms. The molecule has 3 aromatic rings. The molecule has 1 aliphatic heterocycles. The molecule has 1 aromatic heterocycles. The van der Waals surface area contributed by atoms with Gasteiger partial charge in [-0.2, -0.15) is 14.7 Å². The zero-order chi connectivity index (χ0) is 26.3. The predicted molar refractivity (Wildman–Crippen MR) is 140 cm³/mol. The zero-order valence-electron chi connectivity index (χ0n) is 20.6. The second-order valence-corrected chi connectivity index (χ2v) is 10.6. The molecule has 1 aliphatic rings. The van der Waals surface area contributed by atoms with Crippen LogP contribution in [0.1, 0.15) is 24.8 Å². The largest absolute Gasteiger partial charge is 0.385 e. The second kappa shape index (κ2) is 12.0. The van der Waals surface area contributed by atoms with Gasteiger partial charge in [0.05, 0.1) is 10.6 Å². The molecule has 0 aliphatic carbocycles. The van der Waals surface area contributed by atoms with Gasteiger partial charge in [0.1, 0.15) is 17.3 Å². The minimum atomic E-state index is -3.63. The van der Waals surface area contributed by atoms with Crippen LogP contribution in [0.5, 0.6) is 0 Å². The van der Waals surface area contributed by atoms with Crippen LogP contribution in [0.4, 0.5) is 0 Å². The number of nitriles is 1. The number of carbonyl (C=O) groups excluding carboxylic acids is 1. The third-order valence-corrected chi connectivity index (χ3v) is 7.94. The lowest BCUT2D eigenvalue weighted by Gasteiger charge is -2.16. The lowest BCUT2D eigenvalue weighted by atomic mass is 10.1. The van der Waals surface area contributed by atoms with Crippen LogP contribution < -0.4 is 5.32 Å². The number of amides is 1. The first-order valence-electron chi connectivity index (χ1n) is 12.1. The van der Waals surface area contributed by atoms with Gasteiger partial charge in [0.25, 0.3) is 5.91 Å². The van der Waals surface area contributed by atoms with Crippen molar-refractivity contribution >= 4 is 22.0 Å². The van der Waals surface area contributed by atoms with E-state index in [2.05, 4.69) is 5.32 Å². The minimum absolute atomic E-state index is 0.0767. The number of benzene rings is 2. The van der Waals surface area contributed by atoms with E-state index in [-0.39, 0.29) is 10.5 Å². The molecule has 1 N–H and O–H groups in total. The molecule has 0 atom stereocenters. The lowest BCUT2D eigenvalue weighted by Crippen LogP contribution is -2.27. The van der Waals surface area contributed by atoms with Gasteiger partial charge in [-0.05, 0) is 49.6 Å². The van der Waals surface area contributed by atoms with Gasteiger partial charge < -0.3 is 10.1 Å². The van der Waals surface area contributed by atoms with Crippen molar-refractivity contribution in [3.05, 3.63) is 71.9 Å². The maximum absolute atomic E-state index is 13.2. The summed E-state index contributed by atoms with van der Waals surface area (Å²) < 4.78 is 34.5. The van der Waals surface area contributed by atoms with Gasteiger partial charge >= 0.3 is 0 Å². The highest BCUT2D eigenvalue weighted by atomic mass is 32.2. The van der Waals surface area contributed by atoms with Gasteiger partial charge in [0.15, 0.2) is 0 Å². The van der Waals surface area contributed by atoms with Crippen LogP contribution in [0.15, 0.2) is 71.3 Å². The van der Waals surface area contributed by atoms with E-state index >= 15 is 0 Å². The lowest BCUT2D eigenvalue weighted by molar-refractivity contribution is -0.117. The maximum Gasteiger partial charge on any atom is 0.261 e. The first kappa shape index (κ1) is 26.3. The zero-order valence-corrected chi connectivity index (χ0v) is 21.4. The highest BCUT2D eigenvalue weighted by molar-refractivity contribution is 7.89. The van der Waals surface area contributed by atoms with Crippen LogP contribution in [-0.2, 0) is 19.6 Å². The normalized spacial score (nSPS) is 14.4. The Hall–Kier alpha value is -3.78. The molecule has 0 saturated carbocycles. The monoisotopic (exact) mass is 519 g/mol. The second-order valence-electron chi connectivity index (χ2n) is 8.62. The van der Waals surface area contributed by atoms with Crippen LogP contribution in [-0.4, -0.2) is 61.8 Å². The molecule has 1 saturated heterocycles. The van der Waals surface area contributed by atoms with Crippen molar-refractivity contribution in [1.29, 1.82) is 5.26 Å². The Kier molecular flexibility index (Phi) is 8.50.